The minimum atomic E-state index is -0.400. The summed E-state index contributed by atoms with van der Waals surface area (Å²) in [5.74, 6) is 0.628. The lowest BCUT2D eigenvalue weighted by Gasteiger charge is -2.43. The molecule has 0 saturated heterocycles. The lowest BCUT2D eigenvalue weighted by Crippen LogP contribution is -2.48. The van der Waals surface area contributed by atoms with E-state index in [2.05, 4.69) is 5.32 Å². The van der Waals surface area contributed by atoms with Crippen LogP contribution < -0.4 is 16.8 Å². The minimum Gasteiger partial charge on any atom is -0.408 e. The van der Waals surface area contributed by atoms with Crippen molar-refractivity contribution < 1.29 is 9.21 Å². The molecule has 2 saturated carbocycles. The maximum atomic E-state index is 12.7. The molecule has 7 heteroatoms. The van der Waals surface area contributed by atoms with Crippen LogP contribution in [0.3, 0.4) is 0 Å². The summed E-state index contributed by atoms with van der Waals surface area (Å²) >= 11 is 0. The van der Waals surface area contributed by atoms with Gasteiger partial charge in [0.05, 0.1) is 5.52 Å². The lowest BCUT2D eigenvalue weighted by molar-refractivity contribution is -0.122. The van der Waals surface area contributed by atoms with Crippen molar-refractivity contribution in [2.24, 2.45) is 30.5 Å². The Labute approximate surface area is 152 Å². The number of nitrogens with two attached hydrogens (primary N) is 1. The third-order valence-electron chi connectivity index (χ3n) is 5.84. The SMILES string of the molecule is Cl.Cn1c(=O)oc2cc(NC(=O)C3CC4CCCC(C3)C4N)ccc21. The van der Waals surface area contributed by atoms with Gasteiger partial charge in [-0.1, -0.05) is 6.42 Å². The monoisotopic (exact) mass is 365 g/mol. The van der Waals surface area contributed by atoms with Crippen LogP contribution in [0.1, 0.15) is 32.1 Å². The third-order valence-corrected chi connectivity index (χ3v) is 5.84. The van der Waals surface area contributed by atoms with Crippen LogP contribution in [-0.2, 0) is 11.8 Å². The summed E-state index contributed by atoms with van der Waals surface area (Å²) < 4.78 is 6.63. The Morgan fingerprint density at radius 3 is 2.64 bits per heavy atom. The second-order valence-electron chi connectivity index (χ2n) is 7.30. The van der Waals surface area contributed by atoms with E-state index in [4.69, 9.17) is 10.2 Å². The predicted molar refractivity (Wildman–Crippen MR) is 98.9 cm³/mol. The van der Waals surface area contributed by atoms with Crippen molar-refractivity contribution in [2.75, 3.05) is 5.32 Å². The van der Waals surface area contributed by atoms with Crippen molar-refractivity contribution in [3.8, 4) is 0 Å². The highest BCUT2D eigenvalue weighted by molar-refractivity contribution is 5.94. The van der Waals surface area contributed by atoms with Crippen molar-refractivity contribution >= 4 is 35.1 Å². The smallest absolute Gasteiger partial charge is 0.408 e. The standard InChI is InChI=1S/C18H23N3O3.ClH/c1-21-14-6-5-13(9-15(14)24-18(21)23)20-17(22)12-7-10-3-2-4-11(8-12)16(10)19;/h5-6,9-12,16H,2-4,7-8,19H2,1H3,(H,20,22);1H. The van der Waals surface area contributed by atoms with E-state index in [0.29, 0.717) is 23.1 Å². The van der Waals surface area contributed by atoms with E-state index < -0.39 is 5.76 Å². The normalized spacial score (nSPS) is 28.4. The van der Waals surface area contributed by atoms with Crippen LogP contribution in [0, 0.1) is 17.8 Å². The van der Waals surface area contributed by atoms with E-state index in [9.17, 15) is 9.59 Å². The molecule has 0 spiro atoms. The third kappa shape index (κ3) is 3.20. The quantitative estimate of drug-likeness (QED) is 0.856. The molecule has 25 heavy (non-hydrogen) atoms. The number of hydrogen-bond acceptors (Lipinski definition) is 4. The largest absolute Gasteiger partial charge is 0.419 e. The Bertz CT molecular complexity index is 830. The summed E-state index contributed by atoms with van der Waals surface area (Å²) in [4.78, 5) is 24.2. The lowest BCUT2D eigenvalue weighted by atomic mass is 9.65. The number of fused-ring (bicyclic) bond motifs is 3. The zero-order chi connectivity index (χ0) is 16.8. The molecule has 1 aromatic heterocycles. The van der Waals surface area contributed by atoms with Crippen molar-refractivity contribution in [3.05, 3.63) is 28.7 Å². The number of amides is 1. The first kappa shape index (κ1) is 18.0. The van der Waals surface area contributed by atoms with E-state index >= 15 is 0 Å². The molecule has 136 valence electrons. The number of aromatic nitrogens is 1. The summed E-state index contributed by atoms with van der Waals surface area (Å²) in [7, 11) is 1.66. The Morgan fingerprint density at radius 2 is 1.96 bits per heavy atom. The van der Waals surface area contributed by atoms with Crippen LogP contribution in [0.2, 0.25) is 0 Å². The first-order chi connectivity index (χ1) is 11.5. The van der Waals surface area contributed by atoms with Crippen LogP contribution in [0.4, 0.5) is 5.69 Å². The average molecular weight is 366 g/mol. The molecule has 4 rings (SSSR count). The van der Waals surface area contributed by atoms with Crippen LogP contribution in [0.15, 0.2) is 27.4 Å². The molecule has 2 unspecified atom stereocenters. The Kier molecular flexibility index (Phi) is 4.93. The predicted octanol–water partition coefficient (Wildman–Crippen LogP) is 2.65. The van der Waals surface area contributed by atoms with Crippen molar-refractivity contribution in [2.45, 2.75) is 38.1 Å². The number of halogens is 1. The fourth-order valence-electron chi connectivity index (χ4n) is 4.46. The van der Waals surface area contributed by atoms with E-state index in [1.165, 1.54) is 11.0 Å². The Morgan fingerprint density at radius 1 is 1.28 bits per heavy atom. The molecule has 6 nitrogen and oxygen atoms in total. The average Bonchev–Trinajstić information content (AvgIpc) is 2.81. The van der Waals surface area contributed by atoms with Gasteiger partial charge < -0.3 is 15.5 Å². The number of anilines is 1. The summed E-state index contributed by atoms with van der Waals surface area (Å²) in [6.07, 6.45) is 5.28. The molecule has 0 radical (unpaired) electrons. The highest BCUT2D eigenvalue weighted by atomic mass is 35.5. The number of nitrogens with one attached hydrogen (secondary N) is 1. The highest BCUT2D eigenvalue weighted by Gasteiger charge is 2.40. The number of carbonyl (C=O) groups excluding carboxylic acids is 1. The van der Waals surface area contributed by atoms with Crippen LogP contribution in [0.5, 0.6) is 0 Å². The molecule has 2 aromatic rings. The van der Waals surface area contributed by atoms with E-state index in [0.717, 1.165) is 31.2 Å². The van der Waals surface area contributed by atoms with Gasteiger partial charge in [0.1, 0.15) is 0 Å². The molecule has 2 atom stereocenters. The fourth-order valence-corrected chi connectivity index (χ4v) is 4.46. The number of aryl methyl sites for hydroxylation is 1. The molecular weight excluding hydrogens is 342 g/mol. The first-order valence-electron chi connectivity index (χ1n) is 8.69. The Hall–Kier alpha value is -1.79. The summed E-state index contributed by atoms with van der Waals surface area (Å²) in [6, 6.07) is 5.58. The fraction of sp³-hybridized carbons (Fsp3) is 0.556. The van der Waals surface area contributed by atoms with Crippen molar-refractivity contribution in [1.29, 1.82) is 0 Å². The zero-order valence-corrected chi connectivity index (χ0v) is 15.1. The first-order valence-corrected chi connectivity index (χ1v) is 8.69. The molecule has 0 aliphatic heterocycles. The van der Waals surface area contributed by atoms with Gasteiger partial charge in [-0.15, -0.1) is 12.4 Å². The molecule has 3 N–H and O–H groups in total. The van der Waals surface area contributed by atoms with Crippen LogP contribution in [0.25, 0.3) is 11.1 Å². The second-order valence-corrected chi connectivity index (χ2v) is 7.30. The summed E-state index contributed by atoms with van der Waals surface area (Å²) in [6.45, 7) is 0. The second kappa shape index (κ2) is 6.84. The van der Waals surface area contributed by atoms with Gasteiger partial charge >= 0.3 is 5.76 Å². The maximum absolute atomic E-state index is 12.7. The zero-order valence-electron chi connectivity index (χ0n) is 14.2. The topological polar surface area (TPSA) is 90.3 Å². The van der Waals surface area contributed by atoms with Gasteiger partial charge in [-0.2, -0.15) is 0 Å². The minimum absolute atomic E-state index is 0. The number of carbonyl (C=O) groups is 1. The molecular formula is C18H24ClN3O3. The summed E-state index contributed by atoms with van der Waals surface area (Å²) in [5, 5.41) is 2.99. The summed E-state index contributed by atoms with van der Waals surface area (Å²) in [5.41, 5.74) is 8.18. The van der Waals surface area contributed by atoms with Crippen molar-refractivity contribution in [3.63, 3.8) is 0 Å². The molecule has 1 aromatic carbocycles. The van der Waals surface area contributed by atoms with E-state index in [1.807, 2.05) is 6.07 Å². The molecule has 2 aliphatic carbocycles. The van der Waals surface area contributed by atoms with Gasteiger partial charge in [0.15, 0.2) is 5.58 Å². The number of rotatable bonds is 2. The number of benzene rings is 1. The number of hydrogen-bond donors (Lipinski definition) is 2. The van der Waals surface area contributed by atoms with E-state index in [1.54, 1.807) is 19.2 Å². The van der Waals surface area contributed by atoms with Gasteiger partial charge in [-0.25, -0.2) is 4.79 Å². The molecule has 2 bridgehead atoms. The van der Waals surface area contributed by atoms with Crippen molar-refractivity contribution in [1.82, 2.24) is 4.57 Å². The van der Waals surface area contributed by atoms with E-state index in [-0.39, 0.29) is 30.3 Å². The van der Waals surface area contributed by atoms with Gasteiger partial charge in [-0.3, -0.25) is 9.36 Å². The molecule has 1 amide bonds. The maximum Gasteiger partial charge on any atom is 0.419 e. The molecule has 2 aliphatic rings. The molecule has 2 fully saturated rings. The number of oxazole rings is 1. The van der Waals surface area contributed by atoms with Gasteiger partial charge in [0.2, 0.25) is 5.91 Å². The Balaban J connectivity index is 0.00000182. The van der Waals surface area contributed by atoms with Gasteiger partial charge in [-0.05, 0) is 49.7 Å². The van der Waals surface area contributed by atoms with Crippen LogP contribution >= 0.6 is 12.4 Å². The van der Waals surface area contributed by atoms with Gasteiger partial charge in [0, 0.05) is 30.8 Å². The number of nitrogens with zero attached hydrogens (tertiary/aromatic N) is 1. The van der Waals surface area contributed by atoms with Crippen LogP contribution in [-0.4, -0.2) is 16.5 Å². The highest BCUT2D eigenvalue weighted by Crippen LogP contribution is 2.42. The van der Waals surface area contributed by atoms with Gasteiger partial charge in [0.25, 0.3) is 0 Å². The molecule has 1 heterocycles.